The normalized spacial score (nSPS) is 19.8. The number of nitrogens with zero attached hydrogens (tertiary/aromatic N) is 1. The second-order valence-electron chi connectivity index (χ2n) is 6.83. The van der Waals surface area contributed by atoms with E-state index in [0.29, 0.717) is 5.75 Å². The predicted octanol–water partition coefficient (Wildman–Crippen LogP) is 3.57. The van der Waals surface area contributed by atoms with E-state index in [9.17, 15) is 16.8 Å². The number of aromatic nitrogens is 1. The summed E-state index contributed by atoms with van der Waals surface area (Å²) in [6, 6.07) is 14.0. The summed E-state index contributed by atoms with van der Waals surface area (Å²) >= 11 is 0. The molecule has 2 heterocycles. The fourth-order valence-electron chi connectivity index (χ4n) is 3.67. The third kappa shape index (κ3) is 3.14. The van der Waals surface area contributed by atoms with Gasteiger partial charge in [-0.25, -0.2) is 16.8 Å². The lowest BCUT2D eigenvalue weighted by Crippen LogP contribution is -2.24. The lowest BCUT2D eigenvalue weighted by atomic mass is 10.1. The first-order valence-electron chi connectivity index (χ1n) is 9.10. The number of methoxy groups -OCH3 is 1. The molecule has 7 nitrogen and oxygen atoms in total. The smallest absolute Gasteiger partial charge is 0.186 e. The van der Waals surface area contributed by atoms with Gasteiger partial charge in [-0.2, -0.15) is 0 Å². The highest BCUT2D eigenvalue weighted by Crippen LogP contribution is 2.52. The molecular formula is C21H19NO6S2. The fraction of sp³-hybridized carbons (Fsp3) is 0.190. The zero-order chi connectivity index (χ0) is 21.5. The molecule has 1 aromatic heterocycles. The zero-order valence-corrected chi connectivity index (χ0v) is 17.9. The van der Waals surface area contributed by atoms with Gasteiger partial charge in [0, 0.05) is 11.8 Å². The topological polar surface area (TPSA) is 99.6 Å². The van der Waals surface area contributed by atoms with Crippen molar-refractivity contribution < 1.29 is 26.3 Å². The summed E-state index contributed by atoms with van der Waals surface area (Å²) in [7, 11) is -6.54. The number of rotatable bonds is 5. The van der Waals surface area contributed by atoms with Gasteiger partial charge >= 0.3 is 0 Å². The van der Waals surface area contributed by atoms with E-state index in [0.717, 1.165) is 0 Å². The maximum Gasteiger partial charge on any atom is 0.186 e. The van der Waals surface area contributed by atoms with Crippen molar-refractivity contribution in [3.63, 3.8) is 0 Å². The first-order valence-corrected chi connectivity index (χ1v) is 12.2. The van der Waals surface area contributed by atoms with E-state index in [1.807, 2.05) is 0 Å². The number of pyridine rings is 1. The van der Waals surface area contributed by atoms with Crippen molar-refractivity contribution in [3.05, 3.63) is 72.6 Å². The standard InChI is InChI=1S/C21H19NO6S2/c1-14-21(30(25,26)16-8-4-3-5-9-16)19-18(29(14,23)24)11-10-17(20(19)27-2)28-15-7-6-12-22-13-15/h3-14,21H,1-2H3. The highest BCUT2D eigenvalue weighted by molar-refractivity contribution is 7.96. The number of fused-ring (bicyclic) bond motifs is 1. The van der Waals surface area contributed by atoms with Gasteiger partial charge in [0.05, 0.1) is 28.3 Å². The van der Waals surface area contributed by atoms with Crippen molar-refractivity contribution in [1.82, 2.24) is 4.98 Å². The van der Waals surface area contributed by atoms with E-state index in [2.05, 4.69) is 4.98 Å². The maximum atomic E-state index is 13.5. The van der Waals surface area contributed by atoms with Crippen LogP contribution in [-0.4, -0.2) is 34.2 Å². The Balaban J connectivity index is 1.94. The van der Waals surface area contributed by atoms with E-state index in [4.69, 9.17) is 9.47 Å². The van der Waals surface area contributed by atoms with Gasteiger partial charge in [0.15, 0.2) is 31.2 Å². The average Bonchev–Trinajstić information content (AvgIpc) is 2.95. The Bertz CT molecular complexity index is 1290. The van der Waals surface area contributed by atoms with Gasteiger partial charge in [-0.1, -0.05) is 18.2 Å². The van der Waals surface area contributed by atoms with Crippen LogP contribution < -0.4 is 9.47 Å². The Hall–Kier alpha value is -2.91. The molecule has 156 valence electrons. The fourth-order valence-corrected chi connectivity index (χ4v) is 8.14. The van der Waals surface area contributed by atoms with Crippen LogP contribution in [-0.2, 0) is 19.7 Å². The van der Waals surface area contributed by atoms with Gasteiger partial charge < -0.3 is 9.47 Å². The van der Waals surface area contributed by atoms with Gasteiger partial charge in [0.2, 0.25) is 0 Å². The molecule has 0 N–H and O–H groups in total. The quantitative estimate of drug-likeness (QED) is 0.592. The first kappa shape index (κ1) is 20.4. The number of sulfone groups is 2. The van der Waals surface area contributed by atoms with E-state index in [-0.39, 0.29) is 26.9 Å². The van der Waals surface area contributed by atoms with Gasteiger partial charge in [0.25, 0.3) is 0 Å². The van der Waals surface area contributed by atoms with Crippen LogP contribution in [0.5, 0.6) is 17.2 Å². The Labute approximate surface area is 175 Å². The summed E-state index contributed by atoms with van der Waals surface area (Å²) in [5.41, 5.74) is 0.0928. The van der Waals surface area contributed by atoms with Crippen LogP contribution in [0.3, 0.4) is 0 Å². The highest BCUT2D eigenvalue weighted by Gasteiger charge is 2.51. The second kappa shape index (κ2) is 7.41. The Kier molecular flexibility index (Phi) is 5.03. The minimum atomic E-state index is -4.02. The molecule has 2 aromatic carbocycles. The van der Waals surface area contributed by atoms with Crippen molar-refractivity contribution in [3.8, 4) is 17.2 Å². The van der Waals surface area contributed by atoms with Crippen molar-refractivity contribution in [1.29, 1.82) is 0 Å². The van der Waals surface area contributed by atoms with Crippen LogP contribution in [0, 0.1) is 0 Å². The predicted molar refractivity (Wildman–Crippen MR) is 110 cm³/mol. The Morgan fingerprint density at radius 3 is 2.37 bits per heavy atom. The number of benzene rings is 2. The molecule has 1 aliphatic rings. The SMILES string of the molecule is COc1c(Oc2cccnc2)ccc2c1C(S(=O)(=O)c1ccccc1)C(C)S2(=O)=O. The average molecular weight is 446 g/mol. The van der Waals surface area contributed by atoms with Gasteiger partial charge in [-0.05, 0) is 43.3 Å². The molecule has 9 heteroatoms. The molecule has 30 heavy (non-hydrogen) atoms. The molecule has 0 bridgehead atoms. The molecule has 0 saturated heterocycles. The molecule has 0 amide bonds. The van der Waals surface area contributed by atoms with E-state index >= 15 is 0 Å². The second-order valence-corrected chi connectivity index (χ2v) is 11.2. The van der Waals surface area contributed by atoms with Gasteiger partial charge in [-0.3, -0.25) is 4.98 Å². The highest BCUT2D eigenvalue weighted by atomic mass is 32.2. The zero-order valence-electron chi connectivity index (χ0n) is 16.2. The summed E-state index contributed by atoms with van der Waals surface area (Å²) in [4.78, 5) is 3.97. The molecule has 3 aromatic rings. The van der Waals surface area contributed by atoms with Crippen molar-refractivity contribution in [2.75, 3.05) is 7.11 Å². The maximum absolute atomic E-state index is 13.5. The third-order valence-corrected chi connectivity index (χ3v) is 9.73. The van der Waals surface area contributed by atoms with Crippen LogP contribution in [0.25, 0.3) is 0 Å². The van der Waals surface area contributed by atoms with Crippen LogP contribution in [0.15, 0.2) is 76.8 Å². The molecule has 4 rings (SSSR count). The molecule has 0 saturated carbocycles. The van der Waals surface area contributed by atoms with Crippen LogP contribution in [0.4, 0.5) is 0 Å². The molecule has 2 atom stereocenters. The van der Waals surface area contributed by atoms with Crippen molar-refractivity contribution in [2.24, 2.45) is 0 Å². The number of hydrogen-bond donors (Lipinski definition) is 0. The summed E-state index contributed by atoms with van der Waals surface area (Å²) < 4.78 is 64.3. The molecule has 0 spiro atoms. The number of ether oxygens (including phenoxy) is 2. The van der Waals surface area contributed by atoms with Crippen LogP contribution in [0.1, 0.15) is 17.7 Å². The van der Waals surface area contributed by atoms with Crippen molar-refractivity contribution in [2.45, 2.75) is 27.2 Å². The molecular weight excluding hydrogens is 426 g/mol. The van der Waals surface area contributed by atoms with Gasteiger partial charge in [-0.15, -0.1) is 0 Å². The largest absolute Gasteiger partial charge is 0.492 e. The Morgan fingerprint density at radius 1 is 1.00 bits per heavy atom. The van der Waals surface area contributed by atoms with Crippen molar-refractivity contribution >= 4 is 19.7 Å². The summed E-state index contributed by atoms with van der Waals surface area (Å²) in [5, 5.41) is -2.51. The lowest BCUT2D eigenvalue weighted by Gasteiger charge is -2.19. The summed E-state index contributed by atoms with van der Waals surface area (Å²) in [5.74, 6) is 0.697. The first-order chi connectivity index (χ1) is 14.3. The molecule has 0 fully saturated rings. The monoisotopic (exact) mass is 445 g/mol. The Morgan fingerprint density at radius 2 is 1.73 bits per heavy atom. The molecule has 0 radical (unpaired) electrons. The minimum absolute atomic E-state index is 0.0468. The third-order valence-electron chi connectivity index (χ3n) is 5.10. The molecule has 0 aliphatic carbocycles. The van der Waals surface area contributed by atoms with E-state index in [1.54, 1.807) is 36.5 Å². The van der Waals surface area contributed by atoms with Crippen LogP contribution >= 0.6 is 0 Å². The number of hydrogen-bond acceptors (Lipinski definition) is 7. The minimum Gasteiger partial charge on any atom is -0.492 e. The van der Waals surface area contributed by atoms with Gasteiger partial charge in [0.1, 0.15) is 11.0 Å². The summed E-state index contributed by atoms with van der Waals surface area (Å²) in [6.45, 7) is 1.40. The molecule has 1 aliphatic heterocycles. The van der Waals surface area contributed by atoms with E-state index in [1.165, 1.54) is 44.5 Å². The molecule has 2 unspecified atom stereocenters. The lowest BCUT2D eigenvalue weighted by molar-refractivity contribution is 0.372. The summed E-state index contributed by atoms with van der Waals surface area (Å²) in [6.07, 6.45) is 3.08. The van der Waals surface area contributed by atoms with E-state index < -0.39 is 30.2 Å². The van der Waals surface area contributed by atoms with Crippen LogP contribution in [0.2, 0.25) is 0 Å².